The van der Waals surface area contributed by atoms with Crippen LogP contribution < -0.4 is 15.6 Å². The van der Waals surface area contributed by atoms with Gasteiger partial charge in [-0.1, -0.05) is 29.8 Å². The minimum Gasteiger partial charge on any atom is -0.484 e. The Kier molecular flexibility index (Phi) is 6.55. The number of tetrazole rings is 1. The van der Waals surface area contributed by atoms with Gasteiger partial charge in [0.05, 0.1) is 5.02 Å². The molecule has 3 N–H and O–H groups in total. The van der Waals surface area contributed by atoms with Crippen LogP contribution in [0.5, 0.6) is 5.75 Å². The number of aromatic nitrogens is 5. The smallest absolute Gasteiger partial charge is 0.327 e. The highest BCUT2D eigenvalue weighted by Gasteiger charge is 2.27. The first-order valence-corrected chi connectivity index (χ1v) is 11.9. The van der Waals surface area contributed by atoms with Gasteiger partial charge < -0.3 is 20.1 Å². The summed E-state index contributed by atoms with van der Waals surface area (Å²) in [5.41, 5.74) is 2.81. The van der Waals surface area contributed by atoms with Crippen molar-refractivity contribution in [2.75, 3.05) is 0 Å². The van der Waals surface area contributed by atoms with Crippen molar-refractivity contribution in [3.8, 4) is 5.75 Å². The van der Waals surface area contributed by atoms with Crippen LogP contribution in [0.25, 0.3) is 5.57 Å². The van der Waals surface area contributed by atoms with Crippen molar-refractivity contribution >= 4 is 29.1 Å². The maximum Gasteiger partial charge on any atom is 0.327 e. The number of aromatic amines is 1. The first-order valence-electron chi connectivity index (χ1n) is 11.5. The van der Waals surface area contributed by atoms with E-state index >= 15 is 0 Å². The van der Waals surface area contributed by atoms with Gasteiger partial charge in [-0.05, 0) is 54.2 Å². The van der Waals surface area contributed by atoms with E-state index in [9.17, 15) is 14.4 Å². The third kappa shape index (κ3) is 5.46. The summed E-state index contributed by atoms with van der Waals surface area (Å²) in [7, 11) is 0. The van der Waals surface area contributed by atoms with Gasteiger partial charge in [0.1, 0.15) is 5.75 Å². The molecule has 2 aromatic heterocycles. The molecule has 11 nitrogen and oxygen atoms in total. The second-order valence-electron chi connectivity index (χ2n) is 8.79. The van der Waals surface area contributed by atoms with E-state index in [1.165, 1.54) is 0 Å². The molecule has 3 aromatic rings. The Balaban J connectivity index is 1.39. The molecule has 2 aliphatic rings. The number of pyridine rings is 1. The van der Waals surface area contributed by atoms with Crippen molar-refractivity contribution in [1.29, 1.82) is 0 Å². The minimum absolute atomic E-state index is 0.0103. The summed E-state index contributed by atoms with van der Waals surface area (Å²) in [6.45, 7) is -0.450. The van der Waals surface area contributed by atoms with Crippen molar-refractivity contribution in [2.45, 2.75) is 50.8 Å². The lowest BCUT2D eigenvalue weighted by atomic mass is 9.98. The maximum absolute atomic E-state index is 12.7. The lowest BCUT2D eigenvalue weighted by molar-refractivity contribution is -0.138. The quantitative estimate of drug-likeness (QED) is 0.396. The molecule has 1 aliphatic carbocycles. The summed E-state index contributed by atoms with van der Waals surface area (Å²) >= 11 is 6.51. The number of nitrogens with one attached hydrogen (secondary N) is 2. The molecule has 1 amide bonds. The summed E-state index contributed by atoms with van der Waals surface area (Å²) in [5.74, 6) is -0.175. The second-order valence-corrected chi connectivity index (χ2v) is 9.19. The van der Waals surface area contributed by atoms with E-state index in [1.807, 2.05) is 24.3 Å². The number of carbonyl (C=O) groups is 2. The first kappa shape index (κ1) is 23.7. The van der Waals surface area contributed by atoms with Crippen molar-refractivity contribution in [3.05, 3.63) is 74.4 Å². The van der Waals surface area contributed by atoms with Crippen LogP contribution in [0.15, 0.2) is 41.2 Å². The number of carbonyl (C=O) groups excluding carboxylic acids is 1. The summed E-state index contributed by atoms with van der Waals surface area (Å²) in [5, 5.41) is 23.4. The summed E-state index contributed by atoms with van der Waals surface area (Å²) < 4.78 is 5.71. The van der Waals surface area contributed by atoms with Crippen molar-refractivity contribution in [1.82, 2.24) is 30.5 Å². The number of aliphatic carboxylic acids is 1. The highest BCUT2D eigenvalue weighted by Crippen LogP contribution is 2.38. The van der Waals surface area contributed by atoms with Crippen molar-refractivity contribution in [2.24, 2.45) is 0 Å². The Bertz CT molecular complexity index is 1410. The Morgan fingerprint density at radius 1 is 1.22 bits per heavy atom. The molecule has 1 saturated heterocycles. The van der Waals surface area contributed by atoms with Crippen LogP contribution in [-0.4, -0.2) is 48.2 Å². The average Bonchev–Trinajstić information content (AvgIpc) is 3.45. The lowest BCUT2D eigenvalue weighted by Crippen LogP contribution is -2.23. The predicted molar refractivity (Wildman–Crippen MR) is 129 cm³/mol. The number of H-pyrrole nitrogens is 1. The van der Waals surface area contributed by atoms with Gasteiger partial charge in [0.25, 0.3) is 5.56 Å². The van der Waals surface area contributed by atoms with E-state index in [2.05, 4.69) is 25.7 Å². The molecule has 3 heterocycles. The molecule has 2 fully saturated rings. The molecule has 0 radical (unpaired) electrons. The number of rotatable bonds is 9. The van der Waals surface area contributed by atoms with E-state index in [-0.39, 0.29) is 29.9 Å². The standard InChI is InChI=1S/C24H23ClN6O5/c25-18-9-14(3-7-20(18)36-12-21-28-30-31(29-21)11-23(33)34)17(10-15-4-8-22(32)26-15)19-6-5-16(13-1-2-13)24(35)27-19/h3,5-7,9-10,13,15H,1-2,4,8,11-12H2,(H,26,32)(H,27,35)(H,33,34)/b17-10+/t15-/m1/s1. The van der Waals surface area contributed by atoms with Gasteiger partial charge in [0.15, 0.2) is 13.2 Å². The van der Waals surface area contributed by atoms with E-state index in [1.54, 1.807) is 12.1 Å². The van der Waals surface area contributed by atoms with Gasteiger partial charge in [-0.3, -0.25) is 14.4 Å². The zero-order chi connectivity index (χ0) is 25.2. The minimum atomic E-state index is -1.08. The number of ether oxygens (including phenoxy) is 1. The lowest BCUT2D eigenvalue weighted by Gasteiger charge is -2.14. The fourth-order valence-corrected chi connectivity index (χ4v) is 4.35. The number of carboxylic acids is 1. The Morgan fingerprint density at radius 2 is 2.06 bits per heavy atom. The molecule has 1 aromatic carbocycles. The van der Waals surface area contributed by atoms with E-state index in [4.69, 9.17) is 21.4 Å². The molecule has 1 aliphatic heterocycles. The SMILES string of the molecule is O=C(O)Cn1nnc(COc2ccc(/C(=C\[C@H]3CCC(=O)N3)c3ccc(C4CC4)c(=O)[nH]3)cc2Cl)n1. The Hall–Kier alpha value is -3.99. The number of benzene rings is 1. The van der Waals surface area contributed by atoms with E-state index < -0.39 is 12.5 Å². The Morgan fingerprint density at radius 3 is 2.72 bits per heavy atom. The molecular formula is C24H23ClN6O5. The van der Waals surface area contributed by atoms with E-state index in [0.717, 1.165) is 34.3 Å². The summed E-state index contributed by atoms with van der Waals surface area (Å²) in [4.78, 5) is 39.2. The van der Waals surface area contributed by atoms with Gasteiger partial charge in [-0.2, -0.15) is 4.80 Å². The molecule has 1 saturated carbocycles. The number of carboxylic acid groups (broad SMARTS) is 1. The number of amides is 1. The molecule has 0 spiro atoms. The molecule has 0 unspecified atom stereocenters. The van der Waals surface area contributed by atoms with Crippen LogP contribution in [0.3, 0.4) is 0 Å². The van der Waals surface area contributed by atoms with Crippen LogP contribution in [0.1, 0.15) is 54.2 Å². The fourth-order valence-electron chi connectivity index (χ4n) is 4.11. The summed E-state index contributed by atoms with van der Waals surface area (Å²) in [6.07, 6.45) is 5.11. The van der Waals surface area contributed by atoms with Crippen LogP contribution in [0.2, 0.25) is 5.02 Å². The molecule has 186 valence electrons. The zero-order valence-electron chi connectivity index (χ0n) is 19.1. The molecule has 36 heavy (non-hydrogen) atoms. The Labute approximate surface area is 210 Å². The first-order chi connectivity index (χ1) is 17.4. The normalized spacial score (nSPS) is 17.8. The third-order valence-corrected chi connectivity index (χ3v) is 6.31. The maximum atomic E-state index is 12.7. The molecular weight excluding hydrogens is 488 g/mol. The molecule has 5 rings (SSSR count). The fraction of sp³-hybridized carbons (Fsp3) is 0.333. The highest BCUT2D eigenvalue weighted by atomic mass is 35.5. The number of nitrogens with zero attached hydrogens (tertiary/aromatic N) is 4. The number of halogens is 1. The highest BCUT2D eigenvalue weighted by molar-refractivity contribution is 6.32. The van der Waals surface area contributed by atoms with Crippen molar-refractivity contribution in [3.63, 3.8) is 0 Å². The number of hydrogen-bond acceptors (Lipinski definition) is 7. The van der Waals surface area contributed by atoms with Crippen molar-refractivity contribution < 1.29 is 19.4 Å². The van der Waals surface area contributed by atoms with Gasteiger partial charge in [-0.15, -0.1) is 10.2 Å². The topological polar surface area (TPSA) is 152 Å². The van der Waals surface area contributed by atoms with Gasteiger partial charge in [0, 0.05) is 29.3 Å². The molecule has 12 heteroatoms. The van der Waals surface area contributed by atoms with Crippen LogP contribution in [-0.2, 0) is 22.7 Å². The largest absolute Gasteiger partial charge is 0.484 e. The predicted octanol–water partition coefficient (Wildman–Crippen LogP) is 2.27. The van der Waals surface area contributed by atoms with Gasteiger partial charge in [0.2, 0.25) is 11.7 Å². The van der Waals surface area contributed by atoms with Crippen LogP contribution >= 0.6 is 11.6 Å². The zero-order valence-corrected chi connectivity index (χ0v) is 19.9. The second kappa shape index (κ2) is 9.94. The third-order valence-electron chi connectivity index (χ3n) is 6.01. The number of hydrogen-bond donors (Lipinski definition) is 3. The van der Waals surface area contributed by atoms with Crippen LogP contribution in [0, 0.1) is 0 Å². The van der Waals surface area contributed by atoms with Gasteiger partial charge in [-0.25, -0.2) is 0 Å². The molecule has 0 bridgehead atoms. The molecule has 1 atom stereocenters. The van der Waals surface area contributed by atoms with Crippen LogP contribution in [0.4, 0.5) is 0 Å². The average molecular weight is 511 g/mol. The van der Waals surface area contributed by atoms with Gasteiger partial charge >= 0.3 is 5.97 Å². The summed E-state index contributed by atoms with van der Waals surface area (Å²) in [6, 6.07) is 8.83. The van der Waals surface area contributed by atoms with E-state index in [0.29, 0.717) is 35.2 Å². The monoisotopic (exact) mass is 510 g/mol.